The van der Waals surface area contributed by atoms with Crippen molar-refractivity contribution in [2.45, 2.75) is 20.8 Å². The highest BCUT2D eigenvalue weighted by atomic mass is 16.5. The molecule has 2 aromatic rings. The molecule has 0 aliphatic rings. The van der Waals surface area contributed by atoms with Crippen LogP contribution in [0.5, 0.6) is 5.88 Å². The molecule has 0 spiro atoms. The minimum Gasteiger partial charge on any atom is -0.477 e. The summed E-state index contributed by atoms with van der Waals surface area (Å²) in [5.41, 5.74) is 3.08. The monoisotopic (exact) mass is 341 g/mol. The Labute approximate surface area is 147 Å². The third kappa shape index (κ3) is 4.56. The number of hydrogen-bond acceptors (Lipinski definition) is 4. The first kappa shape index (κ1) is 18.4. The standard InChI is InChI=1S/C19H23N3O3/c1-5-25-18-15(10-7-11-20-18)19(24)22(4)12-16(23)21-17-13(2)8-6-9-14(17)3/h6-11H,5,12H2,1-4H3,(H,21,23). The molecule has 0 aliphatic heterocycles. The first-order valence-electron chi connectivity index (χ1n) is 8.13. The number of nitrogens with one attached hydrogen (secondary N) is 1. The summed E-state index contributed by atoms with van der Waals surface area (Å²) in [6, 6.07) is 9.11. The molecule has 6 nitrogen and oxygen atoms in total. The van der Waals surface area contributed by atoms with Gasteiger partial charge in [-0.05, 0) is 44.0 Å². The second-order valence-electron chi connectivity index (χ2n) is 5.77. The predicted molar refractivity (Wildman–Crippen MR) is 96.9 cm³/mol. The van der Waals surface area contributed by atoms with E-state index in [0.29, 0.717) is 12.2 Å². The van der Waals surface area contributed by atoms with Crippen LogP contribution in [-0.2, 0) is 4.79 Å². The van der Waals surface area contributed by atoms with Crippen LogP contribution in [0.25, 0.3) is 0 Å². The molecule has 0 atom stereocenters. The van der Waals surface area contributed by atoms with Crippen molar-refractivity contribution in [3.05, 3.63) is 53.2 Å². The predicted octanol–water partition coefficient (Wildman–Crippen LogP) is 2.81. The number of anilines is 1. The van der Waals surface area contributed by atoms with Crippen LogP contribution in [0.1, 0.15) is 28.4 Å². The van der Waals surface area contributed by atoms with Crippen LogP contribution < -0.4 is 10.1 Å². The third-order valence-electron chi connectivity index (χ3n) is 3.76. The largest absolute Gasteiger partial charge is 0.477 e. The molecular formula is C19H23N3O3. The van der Waals surface area contributed by atoms with Crippen LogP contribution in [0, 0.1) is 13.8 Å². The third-order valence-corrected chi connectivity index (χ3v) is 3.76. The number of rotatable bonds is 6. The van der Waals surface area contributed by atoms with Crippen LogP contribution in [0.15, 0.2) is 36.5 Å². The normalized spacial score (nSPS) is 10.2. The molecule has 0 saturated heterocycles. The zero-order valence-electron chi connectivity index (χ0n) is 15.0. The number of benzene rings is 1. The second-order valence-corrected chi connectivity index (χ2v) is 5.77. The number of pyridine rings is 1. The summed E-state index contributed by atoms with van der Waals surface area (Å²) in [6.07, 6.45) is 1.56. The molecule has 1 aromatic heterocycles. The molecule has 25 heavy (non-hydrogen) atoms. The van der Waals surface area contributed by atoms with Gasteiger partial charge in [0.25, 0.3) is 5.91 Å². The number of likely N-dealkylation sites (N-methyl/N-ethyl adjacent to an activating group) is 1. The maximum atomic E-state index is 12.6. The van der Waals surface area contributed by atoms with E-state index in [1.165, 1.54) is 4.90 Å². The Bertz CT molecular complexity index is 754. The SMILES string of the molecule is CCOc1ncccc1C(=O)N(C)CC(=O)Nc1c(C)cccc1C. The van der Waals surface area contributed by atoms with Gasteiger partial charge >= 0.3 is 0 Å². The average molecular weight is 341 g/mol. The van der Waals surface area contributed by atoms with Crippen molar-refractivity contribution in [3.63, 3.8) is 0 Å². The van der Waals surface area contributed by atoms with E-state index in [1.807, 2.05) is 39.0 Å². The number of ether oxygens (including phenoxy) is 1. The minimum atomic E-state index is -0.312. The lowest BCUT2D eigenvalue weighted by Crippen LogP contribution is -2.35. The van der Waals surface area contributed by atoms with Crippen molar-refractivity contribution >= 4 is 17.5 Å². The molecule has 6 heteroatoms. The van der Waals surface area contributed by atoms with E-state index in [2.05, 4.69) is 10.3 Å². The van der Waals surface area contributed by atoms with E-state index in [0.717, 1.165) is 16.8 Å². The first-order valence-corrected chi connectivity index (χ1v) is 8.13. The molecule has 0 fully saturated rings. The van der Waals surface area contributed by atoms with E-state index in [9.17, 15) is 9.59 Å². The second kappa shape index (κ2) is 8.28. The van der Waals surface area contributed by atoms with Crippen molar-refractivity contribution < 1.29 is 14.3 Å². The smallest absolute Gasteiger partial charge is 0.259 e. The van der Waals surface area contributed by atoms with E-state index < -0.39 is 0 Å². The minimum absolute atomic E-state index is 0.0624. The van der Waals surface area contributed by atoms with Crippen molar-refractivity contribution in [3.8, 4) is 5.88 Å². The summed E-state index contributed by atoms with van der Waals surface area (Å²) in [4.78, 5) is 30.3. The maximum absolute atomic E-state index is 12.6. The zero-order valence-corrected chi connectivity index (χ0v) is 15.0. The quantitative estimate of drug-likeness (QED) is 0.877. The fourth-order valence-electron chi connectivity index (χ4n) is 2.49. The lowest BCUT2D eigenvalue weighted by Gasteiger charge is -2.19. The van der Waals surface area contributed by atoms with Crippen LogP contribution in [0.4, 0.5) is 5.69 Å². The van der Waals surface area contributed by atoms with Gasteiger partial charge < -0.3 is 15.0 Å². The van der Waals surface area contributed by atoms with Crippen LogP contribution >= 0.6 is 0 Å². The molecule has 0 unspecified atom stereocenters. The molecule has 0 saturated carbocycles. The lowest BCUT2D eigenvalue weighted by atomic mass is 10.1. The summed E-state index contributed by atoms with van der Waals surface area (Å²) in [5.74, 6) is -0.291. The molecule has 1 heterocycles. The highest BCUT2D eigenvalue weighted by Crippen LogP contribution is 2.20. The summed E-state index contributed by atoms with van der Waals surface area (Å²) < 4.78 is 5.38. The number of hydrogen-bond donors (Lipinski definition) is 1. The van der Waals surface area contributed by atoms with Crippen molar-refractivity contribution in [1.82, 2.24) is 9.88 Å². The molecular weight excluding hydrogens is 318 g/mol. The Hall–Kier alpha value is -2.89. The molecule has 1 aromatic carbocycles. The van der Waals surface area contributed by atoms with E-state index >= 15 is 0 Å². The lowest BCUT2D eigenvalue weighted by molar-refractivity contribution is -0.116. The summed E-state index contributed by atoms with van der Waals surface area (Å²) in [6.45, 7) is 6.04. The number of amides is 2. The van der Waals surface area contributed by atoms with Gasteiger partial charge in [-0.1, -0.05) is 18.2 Å². The van der Waals surface area contributed by atoms with Crippen molar-refractivity contribution in [2.24, 2.45) is 0 Å². The molecule has 0 aliphatic carbocycles. The number of nitrogens with zero attached hydrogens (tertiary/aromatic N) is 2. The van der Waals surface area contributed by atoms with Crippen LogP contribution in [-0.4, -0.2) is 41.9 Å². The van der Waals surface area contributed by atoms with Crippen LogP contribution in [0.2, 0.25) is 0 Å². The van der Waals surface area contributed by atoms with E-state index in [-0.39, 0.29) is 24.2 Å². The van der Waals surface area contributed by atoms with Gasteiger partial charge in [0.15, 0.2) is 0 Å². The highest BCUT2D eigenvalue weighted by molar-refractivity contribution is 6.00. The number of carbonyl (C=O) groups is 2. The molecule has 0 radical (unpaired) electrons. The average Bonchev–Trinajstić information content (AvgIpc) is 2.58. The zero-order chi connectivity index (χ0) is 18.4. The van der Waals surface area contributed by atoms with Crippen molar-refractivity contribution in [2.75, 3.05) is 25.5 Å². The van der Waals surface area contributed by atoms with Crippen LogP contribution in [0.3, 0.4) is 0 Å². The van der Waals surface area contributed by atoms with Gasteiger partial charge in [-0.3, -0.25) is 9.59 Å². The van der Waals surface area contributed by atoms with Crippen molar-refractivity contribution in [1.29, 1.82) is 0 Å². The first-order chi connectivity index (χ1) is 11.9. The van der Waals surface area contributed by atoms with Gasteiger partial charge in [-0.2, -0.15) is 0 Å². The molecule has 2 amide bonds. The number of para-hydroxylation sites is 1. The van der Waals surface area contributed by atoms with Gasteiger partial charge in [0, 0.05) is 18.9 Å². The summed E-state index contributed by atoms with van der Waals surface area (Å²) in [7, 11) is 1.58. The van der Waals surface area contributed by atoms with Gasteiger partial charge in [0.1, 0.15) is 5.56 Å². The molecule has 2 rings (SSSR count). The van der Waals surface area contributed by atoms with E-state index in [1.54, 1.807) is 25.4 Å². The Kier molecular flexibility index (Phi) is 6.11. The highest BCUT2D eigenvalue weighted by Gasteiger charge is 2.20. The fourth-order valence-corrected chi connectivity index (χ4v) is 2.49. The summed E-state index contributed by atoms with van der Waals surface area (Å²) in [5, 5.41) is 2.88. The Morgan fingerprint density at radius 3 is 2.48 bits per heavy atom. The Balaban J connectivity index is 2.07. The Morgan fingerprint density at radius 2 is 1.84 bits per heavy atom. The summed E-state index contributed by atoms with van der Waals surface area (Å²) >= 11 is 0. The molecule has 132 valence electrons. The Morgan fingerprint density at radius 1 is 1.16 bits per heavy atom. The van der Waals surface area contributed by atoms with Gasteiger partial charge in [-0.15, -0.1) is 0 Å². The van der Waals surface area contributed by atoms with E-state index in [4.69, 9.17) is 4.74 Å². The maximum Gasteiger partial charge on any atom is 0.259 e. The van der Waals surface area contributed by atoms with Gasteiger partial charge in [0.2, 0.25) is 11.8 Å². The van der Waals surface area contributed by atoms with Gasteiger partial charge in [-0.25, -0.2) is 4.98 Å². The van der Waals surface area contributed by atoms with Gasteiger partial charge in [0.05, 0.1) is 13.2 Å². The fraction of sp³-hybridized carbons (Fsp3) is 0.316. The number of aromatic nitrogens is 1. The molecule has 0 bridgehead atoms. The molecule has 1 N–H and O–H groups in total. The topological polar surface area (TPSA) is 71.5 Å². The number of carbonyl (C=O) groups excluding carboxylic acids is 2. The number of aryl methyl sites for hydroxylation is 2.